The maximum absolute atomic E-state index is 13.0. The summed E-state index contributed by atoms with van der Waals surface area (Å²) in [6.45, 7) is 2.97. The van der Waals surface area contributed by atoms with Gasteiger partial charge in [0.25, 0.3) is 5.91 Å². The molecule has 0 saturated carbocycles. The molecule has 2 amide bonds. The van der Waals surface area contributed by atoms with Crippen LogP contribution in [-0.4, -0.2) is 33.8 Å². The number of nitrogens with one attached hydrogen (secondary N) is 2. The van der Waals surface area contributed by atoms with Crippen LogP contribution in [0, 0.1) is 0 Å². The molecule has 2 aromatic rings. The maximum Gasteiger partial charge on any atom is 0.271 e. The third kappa shape index (κ3) is 3.98. The second-order valence-electron chi connectivity index (χ2n) is 6.85. The van der Waals surface area contributed by atoms with Gasteiger partial charge in [0.2, 0.25) is 5.91 Å². The quantitative estimate of drug-likeness (QED) is 0.709. The highest BCUT2D eigenvalue weighted by molar-refractivity contribution is 6.30. The van der Waals surface area contributed by atoms with Gasteiger partial charge in [-0.3, -0.25) is 9.59 Å². The molecule has 1 saturated heterocycles. The summed E-state index contributed by atoms with van der Waals surface area (Å²) in [5.74, 6) is -0.434. The number of hydrogen-bond donors (Lipinski definition) is 3. The fourth-order valence-electron chi connectivity index (χ4n) is 3.49. The Bertz CT molecular complexity index is 867. The summed E-state index contributed by atoms with van der Waals surface area (Å²) in [6, 6.07) is 8.67. The fourth-order valence-corrected chi connectivity index (χ4v) is 3.85. The third-order valence-electron chi connectivity index (χ3n) is 5.08. The number of carbonyl (C=O) groups is 2. The molecular weight excluding hydrogens is 387 g/mol. The summed E-state index contributed by atoms with van der Waals surface area (Å²) in [7, 11) is 0. The number of H-pyrrole nitrogens is 1. The van der Waals surface area contributed by atoms with E-state index in [9.17, 15) is 9.59 Å². The minimum atomic E-state index is -0.921. The van der Waals surface area contributed by atoms with Crippen LogP contribution >= 0.6 is 23.2 Å². The van der Waals surface area contributed by atoms with Crippen molar-refractivity contribution in [3.8, 4) is 0 Å². The van der Waals surface area contributed by atoms with Crippen molar-refractivity contribution in [3.63, 3.8) is 0 Å². The minimum Gasteiger partial charge on any atom is -0.350 e. The number of amides is 2. The van der Waals surface area contributed by atoms with Gasteiger partial charge in [-0.1, -0.05) is 29.3 Å². The van der Waals surface area contributed by atoms with E-state index >= 15 is 0 Å². The Morgan fingerprint density at radius 3 is 2.70 bits per heavy atom. The van der Waals surface area contributed by atoms with Crippen LogP contribution in [0.5, 0.6) is 0 Å². The molecule has 6 nitrogen and oxygen atoms in total. The van der Waals surface area contributed by atoms with Crippen LogP contribution in [0.15, 0.2) is 30.3 Å². The van der Waals surface area contributed by atoms with E-state index in [1.165, 1.54) is 0 Å². The van der Waals surface area contributed by atoms with Crippen molar-refractivity contribution in [1.82, 2.24) is 15.2 Å². The molecule has 27 heavy (non-hydrogen) atoms. The molecule has 1 atom stereocenters. The SMILES string of the molecule is CC1(C(=O)NCc2cc(Cl)ccc2CN)CCCN1C(=O)c1ccc(Cl)[nH]1. The summed E-state index contributed by atoms with van der Waals surface area (Å²) in [4.78, 5) is 30.2. The molecule has 0 radical (unpaired) electrons. The lowest BCUT2D eigenvalue weighted by molar-refractivity contribution is -0.130. The molecule has 0 bridgehead atoms. The summed E-state index contributed by atoms with van der Waals surface area (Å²) in [5, 5.41) is 3.92. The van der Waals surface area contributed by atoms with Crippen LogP contribution in [0.2, 0.25) is 10.2 Å². The number of carbonyl (C=O) groups excluding carboxylic acids is 2. The predicted octanol–water partition coefficient (Wildman–Crippen LogP) is 3.09. The average molecular weight is 409 g/mol. The van der Waals surface area contributed by atoms with E-state index < -0.39 is 5.54 Å². The zero-order chi connectivity index (χ0) is 19.6. The van der Waals surface area contributed by atoms with Crippen molar-refractivity contribution < 1.29 is 9.59 Å². The third-order valence-corrected chi connectivity index (χ3v) is 5.54. The lowest BCUT2D eigenvalue weighted by Crippen LogP contribution is -2.55. The molecule has 1 aromatic carbocycles. The number of benzene rings is 1. The van der Waals surface area contributed by atoms with Gasteiger partial charge in [0.05, 0.1) is 0 Å². The molecule has 8 heteroatoms. The van der Waals surface area contributed by atoms with Crippen molar-refractivity contribution in [2.45, 2.75) is 38.4 Å². The Morgan fingerprint density at radius 2 is 2.04 bits per heavy atom. The predicted molar refractivity (Wildman–Crippen MR) is 106 cm³/mol. The van der Waals surface area contributed by atoms with Crippen molar-refractivity contribution >= 4 is 35.0 Å². The Kier molecular flexibility index (Phi) is 5.79. The number of likely N-dealkylation sites (tertiary alicyclic amines) is 1. The largest absolute Gasteiger partial charge is 0.350 e. The van der Waals surface area contributed by atoms with Crippen LogP contribution < -0.4 is 11.1 Å². The topological polar surface area (TPSA) is 91.2 Å². The van der Waals surface area contributed by atoms with E-state index in [2.05, 4.69) is 10.3 Å². The Hall–Kier alpha value is -2.02. The van der Waals surface area contributed by atoms with E-state index in [1.807, 2.05) is 6.07 Å². The van der Waals surface area contributed by atoms with Crippen LogP contribution in [0.3, 0.4) is 0 Å². The van der Waals surface area contributed by atoms with Gasteiger partial charge in [-0.25, -0.2) is 0 Å². The normalized spacial score (nSPS) is 19.3. The number of nitrogens with zero attached hydrogens (tertiary/aromatic N) is 1. The van der Waals surface area contributed by atoms with Gasteiger partial charge in [0.1, 0.15) is 16.4 Å². The zero-order valence-corrected chi connectivity index (χ0v) is 16.5. The van der Waals surface area contributed by atoms with E-state index in [-0.39, 0.29) is 11.8 Å². The summed E-state index contributed by atoms with van der Waals surface area (Å²) >= 11 is 11.9. The highest BCUT2D eigenvalue weighted by Crippen LogP contribution is 2.31. The van der Waals surface area contributed by atoms with Gasteiger partial charge in [-0.15, -0.1) is 0 Å². The molecular formula is C19H22Cl2N4O2. The second-order valence-corrected chi connectivity index (χ2v) is 7.70. The minimum absolute atomic E-state index is 0.200. The van der Waals surface area contributed by atoms with Gasteiger partial charge < -0.3 is 20.9 Å². The number of aromatic nitrogens is 1. The van der Waals surface area contributed by atoms with Crippen LogP contribution in [0.25, 0.3) is 0 Å². The smallest absolute Gasteiger partial charge is 0.271 e. The van der Waals surface area contributed by atoms with Crippen molar-refractivity contribution in [2.75, 3.05) is 6.54 Å². The molecule has 0 spiro atoms. The standard InChI is InChI=1S/C19H22Cl2N4O2/c1-19(7-2-8-25(19)17(26)15-5-6-16(21)24-15)18(27)23-11-13-9-14(20)4-3-12(13)10-22/h3-6,9,24H,2,7-8,10-11,22H2,1H3,(H,23,27). The molecule has 3 rings (SSSR count). The zero-order valence-electron chi connectivity index (χ0n) is 15.0. The second kappa shape index (κ2) is 7.92. The molecule has 1 aliphatic heterocycles. The van der Waals surface area contributed by atoms with Crippen molar-refractivity contribution in [2.24, 2.45) is 5.73 Å². The first-order chi connectivity index (χ1) is 12.8. The molecule has 1 unspecified atom stereocenters. The summed E-state index contributed by atoms with van der Waals surface area (Å²) < 4.78 is 0. The van der Waals surface area contributed by atoms with Gasteiger partial charge in [-0.05, 0) is 55.2 Å². The van der Waals surface area contributed by atoms with Crippen LogP contribution in [0.1, 0.15) is 41.4 Å². The fraction of sp³-hybridized carbons (Fsp3) is 0.368. The van der Waals surface area contributed by atoms with Crippen LogP contribution in [0.4, 0.5) is 0 Å². The molecule has 0 aliphatic carbocycles. The number of nitrogens with two attached hydrogens (primary N) is 1. The molecule has 144 valence electrons. The first-order valence-electron chi connectivity index (χ1n) is 8.77. The molecule has 4 N–H and O–H groups in total. The monoisotopic (exact) mass is 408 g/mol. The molecule has 2 heterocycles. The Balaban J connectivity index is 1.74. The number of halogens is 2. The lowest BCUT2D eigenvalue weighted by Gasteiger charge is -2.33. The van der Waals surface area contributed by atoms with E-state index in [0.29, 0.717) is 41.9 Å². The Morgan fingerprint density at radius 1 is 1.26 bits per heavy atom. The Labute approximate surface area is 168 Å². The van der Waals surface area contributed by atoms with E-state index in [0.717, 1.165) is 17.5 Å². The molecule has 1 aliphatic rings. The maximum atomic E-state index is 13.0. The molecule has 1 aromatic heterocycles. The highest BCUT2D eigenvalue weighted by atomic mass is 35.5. The van der Waals surface area contributed by atoms with Gasteiger partial charge in [-0.2, -0.15) is 0 Å². The first-order valence-corrected chi connectivity index (χ1v) is 9.53. The number of hydrogen-bond acceptors (Lipinski definition) is 3. The van der Waals surface area contributed by atoms with Crippen LogP contribution in [-0.2, 0) is 17.9 Å². The van der Waals surface area contributed by atoms with Gasteiger partial charge in [0.15, 0.2) is 0 Å². The van der Waals surface area contributed by atoms with Crippen molar-refractivity contribution in [3.05, 3.63) is 57.3 Å². The average Bonchev–Trinajstić information content (AvgIpc) is 3.26. The number of aromatic amines is 1. The summed E-state index contributed by atoms with van der Waals surface area (Å²) in [5.41, 5.74) is 7.01. The van der Waals surface area contributed by atoms with E-state index in [4.69, 9.17) is 28.9 Å². The van der Waals surface area contributed by atoms with Gasteiger partial charge in [0, 0.05) is 24.7 Å². The highest BCUT2D eigenvalue weighted by Gasteiger charge is 2.46. The molecule has 1 fully saturated rings. The van der Waals surface area contributed by atoms with E-state index in [1.54, 1.807) is 36.1 Å². The van der Waals surface area contributed by atoms with Gasteiger partial charge >= 0.3 is 0 Å². The van der Waals surface area contributed by atoms with Crippen molar-refractivity contribution in [1.29, 1.82) is 0 Å². The first kappa shape index (κ1) is 19.7. The lowest BCUT2D eigenvalue weighted by atomic mass is 9.97. The summed E-state index contributed by atoms with van der Waals surface area (Å²) in [6.07, 6.45) is 1.35. The number of rotatable bonds is 5.